The number of nitrogens with zero attached hydrogens (tertiary/aromatic N) is 3. The molecule has 5 nitrogen and oxygen atoms in total. The van der Waals surface area contributed by atoms with E-state index in [-0.39, 0.29) is 0 Å². The Balaban J connectivity index is 1.25. The van der Waals surface area contributed by atoms with Gasteiger partial charge >= 0.3 is 0 Å². The number of anilines is 2. The van der Waals surface area contributed by atoms with E-state index in [4.69, 9.17) is 5.73 Å². The van der Waals surface area contributed by atoms with Gasteiger partial charge in [0.25, 0.3) is 0 Å². The van der Waals surface area contributed by atoms with Gasteiger partial charge in [0, 0.05) is 44.1 Å². The Labute approximate surface area is 174 Å². The zero-order valence-corrected chi connectivity index (χ0v) is 17.5. The zero-order valence-electron chi connectivity index (χ0n) is 17.5. The van der Waals surface area contributed by atoms with Crippen molar-refractivity contribution in [3.63, 3.8) is 0 Å². The Bertz CT molecular complexity index is 800. The lowest BCUT2D eigenvalue weighted by molar-refractivity contribution is 0.248. The van der Waals surface area contributed by atoms with E-state index in [1.165, 1.54) is 49.3 Å². The second kappa shape index (κ2) is 9.31. The number of rotatable bonds is 7. The van der Waals surface area contributed by atoms with Crippen LogP contribution in [0, 0.1) is 5.92 Å². The first-order valence-electron chi connectivity index (χ1n) is 10.9. The number of hydrogen-bond acceptors (Lipinski definition) is 3. The van der Waals surface area contributed by atoms with Crippen molar-refractivity contribution >= 4 is 17.3 Å². The van der Waals surface area contributed by atoms with Crippen LogP contribution in [0.1, 0.15) is 30.9 Å². The molecule has 1 aliphatic carbocycles. The summed E-state index contributed by atoms with van der Waals surface area (Å²) < 4.78 is 0. The first-order chi connectivity index (χ1) is 14.2. The van der Waals surface area contributed by atoms with Crippen molar-refractivity contribution < 1.29 is 0 Å². The quantitative estimate of drug-likeness (QED) is 0.558. The SMILES string of the molecule is CCc1ccc(NC(N)=NCc2ccc(N3CCN(CC4CC4)CC3)cc2)cc1. The van der Waals surface area contributed by atoms with Crippen LogP contribution in [0.3, 0.4) is 0 Å². The summed E-state index contributed by atoms with van der Waals surface area (Å²) in [5.74, 6) is 1.43. The van der Waals surface area contributed by atoms with Crippen molar-refractivity contribution in [2.45, 2.75) is 32.7 Å². The van der Waals surface area contributed by atoms with E-state index in [1.54, 1.807) is 0 Å². The fourth-order valence-electron chi connectivity index (χ4n) is 3.85. The van der Waals surface area contributed by atoms with Crippen molar-refractivity contribution in [1.29, 1.82) is 0 Å². The third-order valence-electron chi connectivity index (χ3n) is 5.95. The zero-order chi connectivity index (χ0) is 20.1. The highest BCUT2D eigenvalue weighted by Gasteiger charge is 2.26. The van der Waals surface area contributed by atoms with Gasteiger partial charge in [-0.2, -0.15) is 0 Å². The molecule has 1 saturated carbocycles. The fraction of sp³-hybridized carbons (Fsp3) is 0.458. The van der Waals surface area contributed by atoms with Crippen LogP contribution >= 0.6 is 0 Å². The number of aliphatic imine (C=N–C) groups is 1. The number of piperazine rings is 1. The van der Waals surface area contributed by atoms with Gasteiger partial charge in [-0.05, 0) is 60.6 Å². The van der Waals surface area contributed by atoms with E-state index in [0.29, 0.717) is 12.5 Å². The Morgan fingerprint density at radius 3 is 2.24 bits per heavy atom. The number of benzene rings is 2. The number of aryl methyl sites for hydroxylation is 1. The van der Waals surface area contributed by atoms with Gasteiger partial charge in [0.15, 0.2) is 5.96 Å². The molecular weight excluding hydrogens is 358 g/mol. The van der Waals surface area contributed by atoms with Gasteiger partial charge in [-0.1, -0.05) is 31.2 Å². The van der Waals surface area contributed by atoms with Gasteiger partial charge in [-0.25, -0.2) is 4.99 Å². The number of guanidine groups is 1. The first kappa shape index (κ1) is 19.8. The second-order valence-corrected chi connectivity index (χ2v) is 8.27. The Morgan fingerprint density at radius 2 is 1.62 bits per heavy atom. The molecule has 2 aliphatic rings. The summed E-state index contributed by atoms with van der Waals surface area (Å²) in [6.45, 7) is 8.66. The highest BCUT2D eigenvalue weighted by molar-refractivity contribution is 5.92. The maximum atomic E-state index is 6.05. The molecule has 154 valence electrons. The van der Waals surface area contributed by atoms with Crippen LogP contribution < -0.4 is 16.0 Å². The Hall–Kier alpha value is -2.53. The van der Waals surface area contributed by atoms with Gasteiger partial charge in [-0.15, -0.1) is 0 Å². The molecule has 29 heavy (non-hydrogen) atoms. The molecule has 2 aromatic rings. The highest BCUT2D eigenvalue weighted by Crippen LogP contribution is 2.30. The van der Waals surface area contributed by atoms with Crippen molar-refractivity contribution in [2.24, 2.45) is 16.6 Å². The topological polar surface area (TPSA) is 56.9 Å². The number of nitrogens with one attached hydrogen (secondary N) is 1. The minimum absolute atomic E-state index is 0.449. The molecule has 2 aromatic carbocycles. The Morgan fingerprint density at radius 1 is 0.966 bits per heavy atom. The highest BCUT2D eigenvalue weighted by atomic mass is 15.3. The van der Waals surface area contributed by atoms with Crippen molar-refractivity contribution in [2.75, 3.05) is 42.9 Å². The molecule has 5 heteroatoms. The van der Waals surface area contributed by atoms with Gasteiger partial charge in [0.2, 0.25) is 0 Å². The third kappa shape index (κ3) is 5.73. The second-order valence-electron chi connectivity index (χ2n) is 8.27. The van der Waals surface area contributed by atoms with E-state index in [9.17, 15) is 0 Å². The van der Waals surface area contributed by atoms with Crippen molar-refractivity contribution in [3.8, 4) is 0 Å². The molecule has 3 N–H and O–H groups in total. The van der Waals surface area contributed by atoms with Crippen LogP contribution in [0.25, 0.3) is 0 Å². The monoisotopic (exact) mass is 391 g/mol. The van der Waals surface area contributed by atoms with Gasteiger partial charge in [0.05, 0.1) is 6.54 Å². The fourth-order valence-corrected chi connectivity index (χ4v) is 3.85. The summed E-state index contributed by atoms with van der Waals surface area (Å²) in [5.41, 5.74) is 10.8. The van der Waals surface area contributed by atoms with Crippen LogP contribution in [-0.2, 0) is 13.0 Å². The maximum Gasteiger partial charge on any atom is 0.193 e. The van der Waals surface area contributed by atoms with Crippen molar-refractivity contribution in [3.05, 3.63) is 59.7 Å². The maximum absolute atomic E-state index is 6.05. The summed E-state index contributed by atoms with van der Waals surface area (Å²) in [5, 5.41) is 3.16. The predicted octanol–water partition coefficient (Wildman–Crippen LogP) is 3.71. The largest absolute Gasteiger partial charge is 0.370 e. The molecule has 0 atom stereocenters. The van der Waals surface area contributed by atoms with Crippen LogP contribution in [-0.4, -0.2) is 43.6 Å². The normalized spacial score (nSPS) is 18.1. The lowest BCUT2D eigenvalue weighted by atomic mass is 10.1. The molecule has 0 amide bonds. The molecule has 0 unspecified atom stereocenters. The molecule has 2 fully saturated rings. The summed E-state index contributed by atoms with van der Waals surface area (Å²) in [6, 6.07) is 17.1. The van der Waals surface area contributed by atoms with Gasteiger partial charge in [-0.3, -0.25) is 4.90 Å². The van der Waals surface area contributed by atoms with E-state index in [1.807, 2.05) is 12.1 Å². The van der Waals surface area contributed by atoms with Gasteiger partial charge < -0.3 is 16.0 Å². The first-order valence-corrected chi connectivity index (χ1v) is 10.9. The molecule has 0 spiro atoms. The number of nitrogens with two attached hydrogens (primary N) is 1. The van der Waals surface area contributed by atoms with Crippen molar-refractivity contribution in [1.82, 2.24) is 4.90 Å². The van der Waals surface area contributed by atoms with Crippen LogP contribution in [0.4, 0.5) is 11.4 Å². The average Bonchev–Trinajstić information content (AvgIpc) is 3.58. The predicted molar refractivity (Wildman–Crippen MR) is 123 cm³/mol. The van der Waals surface area contributed by atoms with E-state index >= 15 is 0 Å². The summed E-state index contributed by atoms with van der Waals surface area (Å²) in [7, 11) is 0. The molecule has 0 bridgehead atoms. The lowest BCUT2D eigenvalue weighted by Crippen LogP contribution is -2.47. The summed E-state index contributed by atoms with van der Waals surface area (Å²) in [6.07, 6.45) is 3.92. The molecular formula is C24H33N5. The molecule has 0 aromatic heterocycles. The molecule has 1 saturated heterocycles. The summed E-state index contributed by atoms with van der Waals surface area (Å²) in [4.78, 5) is 9.60. The average molecular weight is 392 g/mol. The standard InChI is InChI=1S/C24H33N5/c1-2-19-5-9-22(10-6-19)27-24(25)26-17-20-7-11-23(12-8-20)29-15-13-28(14-16-29)18-21-3-4-21/h5-12,21H,2-4,13-18H2,1H3,(H3,25,26,27). The molecule has 1 heterocycles. The van der Waals surface area contributed by atoms with Crippen LogP contribution in [0.2, 0.25) is 0 Å². The smallest absolute Gasteiger partial charge is 0.193 e. The van der Waals surface area contributed by atoms with Gasteiger partial charge in [0.1, 0.15) is 0 Å². The minimum Gasteiger partial charge on any atom is -0.370 e. The van der Waals surface area contributed by atoms with E-state index in [0.717, 1.165) is 31.1 Å². The Kier molecular flexibility index (Phi) is 6.35. The molecule has 1 aliphatic heterocycles. The summed E-state index contributed by atoms with van der Waals surface area (Å²) >= 11 is 0. The van der Waals surface area contributed by atoms with E-state index in [2.05, 4.69) is 63.4 Å². The van der Waals surface area contributed by atoms with E-state index < -0.39 is 0 Å². The number of hydrogen-bond donors (Lipinski definition) is 2. The molecule has 0 radical (unpaired) electrons. The van der Waals surface area contributed by atoms with Crippen LogP contribution in [0.15, 0.2) is 53.5 Å². The molecule has 4 rings (SSSR count). The lowest BCUT2D eigenvalue weighted by Gasteiger charge is -2.36. The minimum atomic E-state index is 0.449. The van der Waals surface area contributed by atoms with Crippen LogP contribution in [0.5, 0.6) is 0 Å². The third-order valence-corrected chi connectivity index (χ3v) is 5.95.